The predicted octanol–water partition coefficient (Wildman–Crippen LogP) is 3.70. The molecular weight excluding hydrogens is 352 g/mol. The summed E-state index contributed by atoms with van der Waals surface area (Å²) in [6.45, 7) is 0. The van der Waals surface area contributed by atoms with Gasteiger partial charge >= 0.3 is 22.4 Å². The Bertz CT molecular complexity index is 543. The van der Waals surface area contributed by atoms with Gasteiger partial charge in [-0.15, -0.1) is 0 Å². The number of hydrogen-bond donors (Lipinski definition) is 1. The minimum Gasteiger partial charge on any atom is -0.737 e. The first-order chi connectivity index (χ1) is 8.84. The molecule has 2 aromatic rings. The summed E-state index contributed by atoms with van der Waals surface area (Å²) in [5.41, 5.74) is 4.41. The molecule has 1 N–H and O–H groups in total. The van der Waals surface area contributed by atoms with E-state index < -0.39 is 0 Å². The fourth-order valence-electron chi connectivity index (χ4n) is 1.24. The Morgan fingerprint density at radius 1 is 0.895 bits per heavy atom. The maximum atomic E-state index is 4.96. The number of nitrogens with zero attached hydrogens (tertiary/aromatic N) is 3. The van der Waals surface area contributed by atoms with E-state index in [0.29, 0.717) is 0 Å². The second-order valence-electron chi connectivity index (χ2n) is 3.41. The summed E-state index contributed by atoms with van der Waals surface area (Å²) in [5.74, 6) is 0. The van der Waals surface area contributed by atoms with Crippen molar-refractivity contribution in [1.29, 1.82) is 0 Å². The molecule has 0 fully saturated rings. The molecule has 0 aromatic heterocycles. The minimum atomic E-state index is 0. The predicted molar refractivity (Wildman–Crippen MR) is 75.8 cm³/mol. The zero-order valence-electron chi connectivity index (χ0n) is 9.82. The molecule has 0 saturated heterocycles. The number of anilines is 1. The molecule has 0 radical (unpaired) electrons. The van der Waals surface area contributed by atoms with Crippen LogP contribution in [0.4, 0.5) is 11.4 Å². The molecular formula is C13H11AgN4S. The molecule has 6 heteroatoms. The maximum absolute atomic E-state index is 4.96. The van der Waals surface area contributed by atoms with E-state index in [1.165, 1.54) is 0 Å². The zero-order valence-corrected chi connectivity index (χ0v) is 12.1. The third kappa shape index (κ3) is 5.76. The molecule has 0 aliphatic carbocycles. The van der Waals surface area contributed by atoms with Gasteiger partial charge in [0, 0.05) is 0 Å². The van der Waals surface area contributed by atoms with Crippen molar-refractivity contribution in [2.75, 3.05) is 5.43 Å². The summed E-state index contributed by atoms with van der Waals surface area (Å²) in [6.07, 6.45) is 0. The second-order valence-corrected chi connectivity index (χ2v) is 3.77. The van der Waals surface area contributed by atoms with Gasteiger partial charge in [-0.3, -0.25) is 5.43 Å². The van der Waals surface area contributed by atoms with E-state index in [2.05, 4.69) is 20.8 Å². The normalized spacial score (nSPS) is 11.1. The summed E-state index contributed by atoms with van der Waals surface area (Å²) in [7, 11) is 0. The van der Waals surface area contributed by atoms with Gasteiger partial charge in [-0.2, -0.15) is 15.3 Å². The van der Waals surface area contributed by atoms with Crippen molar-refractivity contribution >= 4 is 29.2 Å². The van der Waals surface area contributed by atoms with Crippen LogP contribution in [0.3, 0.4) is 0 Å². The van der Waals surface area contributed by atoms with Crippen molar-refractivity contribution in [3.05, 3.63) is 60.7 Å². The number of rotatable bonds is 3. The van der Waals surface area contributed by atoms with E-state index in [0.717, 1.165) is 11.4 Å². The van der Waals surface area contributed by atoms with Crippen LogP contribution in [0.15, 0.2) is 76.0 Å². The van der Waals surface area contributed by atoms with Crippen LogP contribution in [-0.4, -0.2) is 5.17 Å². The molecule has 100 valence electrons. The monoisotopic (exact) mass is 362 g/mol. The van der Waals surface area contributed by atoms with Gasteiger partial charge in [0.25, 0.3) is 0 Å². The fourth-order valence-corrected chi connectivity index (χ4v) is 1.33. The fraction of sp³-hybridized carbons (Fsp3) is 0. The third-order valence-electron chi connectivity index (χ3n) is 2.06. The standard InChI is InChI=1S/C13H12N4S.Ag/c18-13(16-14-11-7-3-1-4-8-11)17-15-12-9-5-2-6-10-12;/h1-10,14H,(H,16,18);/q;+1/p-1. The quantitative estimate of drug-likeness (QED) is 0.226. The number of nitrogens with one attached hydrogen (secondary N) is 1. The summed E-state index contributed by atoms with van der Waals surface area (Å²) in [4.78, 5) is 0. The second kappa shape index (κ2) is 8.55. The topological polar surface area (TPSA) is 49.1 Å². The molecule has 0 amide bonds. The van der Waals surface area contributed by atoms with Crippen LogP contribution < -0.4 is 5.43 Å². The number of amidine groups is 1. The summed E-state index contributed by atoms with van der Waals surface area (Å²) >= 11 is 4.96. The van der Waals surface area contributed by atoms with Crippen molar-refractivity contribution in [2.45, 2.75) is 0 Å². The van der Waals surface area contributed by atoms with Crippen molar-refractivity contribution in [2.24, 2.45) is 15.3 Å². The molecule has 2 rings (SSSR count). The number of azo groups is 1. The smallest absolute Gasteiger partial charge is 0.737 e. The first kappa shape index (κ1) is 15.5. The number of hydrazone groups is 1. The van der Waals surface area contributed by atoms with E-state index >= 15 is 0 Å². The van der Waals surface area contributed by atoms with Crippen LogP contribution >= 0.6 is 0 Å². The Labute approximate surface area is 133 Å². The van der Waals surface area contributed by atoms with Crippen LogP contribution in [0, 0.1) is 0 Å². The first-order valence-electron chi connectivity index (χ1n) is 5.37. The Morgan fingerprint density at radius 2 is 1.47 bits per heavy atom. The number of hydrogen-bond acceptors (Lipinski definition) is 4. The van der Waals surface area contributed by atoms with E-state index in [4.69, 9.17) is 12.6 Å². The Kier molecular flexibility index (Phi) is 6.99. The van der Waals surface area contributed by atoms with Gasteiger partial charge in [0.05, 0.1) is 16.5 Å². The molecule has 0 heterocycles. The van der Waals surface area contributed by atoms with Crippen LogP contribution in [-0.2, 0) is 35.0 Å². The van der Waals surface area contributed by atoms with Gasteiger partial charge in [-0.1, -0.05) is 36.4 Å². The average Bonchev–Trinajstić information content (AvgIpc) is 2.45. The molecule has 0 aliphatic rings. The largest absolute Gasteiger partial charge is 1.00 e. The Hall–Kier alpha value is -1.53. The van der Waals surface area contributed by atoms with Crippen molar-refractivity contribution in [3.8, 4) is 0 Å². The molecule has 0 atom stereocenters. The van der Waals surface area contributed by atoms with Gasteiger partial charge in [0.15, 0.2) is 0 Å². The van der Waals surface area contributed by atoms with Crippen molar-refractivity contribution in [3.63, 3.8) is 0 Å². The van der Waals surface area contributed by atoms with Crippen LogP contribution in [0.1, 0.15) is 0 Å². The van der Waals surface area contributed by atoms with Crippen LogP contribution in [0.25, 0.3) is 0 Å². The SMILES string of the molecule is [Ag+].[S-]/C(N=Nc1ccccc1)=N/Nc1ccccc1. The molecule has 2 aromatic carbocycles. The number of benzene rings is 2. The molecule has 0 spiro atoms. The van der Waals surface area contributed by atoms with Gasteiger partial charge in [-0.05, 0) is 24.3 Å². The first-order valence-corrected chi connectivity index (χ1v) is 5.78. The molecule has 4 nitrogen and oxygen atoms in total. The molecule has 0 aliphatic heterocycles. The van der Waals surface area contributed by atoms with Gasteiger partial charge in [0.1, 0.15) is 0 Å². The summed E-state index contributed by atoms with van der Waals surface area (Å²) < 4.78 is 0. The van der Waals surface area contributed by atoms with Crippen molar-refractivity contribution < 1.29 is 22.4 Å². The van der Waals surface area contributed by atoms with E-state index in [1.807, 2.05) is 60.7 Å². The number of para-hydroxylation sites is 1. The molecule has 0 unspecified atom stereocenters. The van der Waals surface area contributed by atoms with E-state index in [9.17, 15) is 0 Å². The van der Waals surface area contributed by atoms with Crippen molar-refractivity contribution in [1.82, 2.24) is 0 Å². The summed E-state index contributed by atoms with van der Waals surface area (Å²) in [5, 5.41) is 11.9. The molecule has 19 heavy (non-hydrogen) atoms. The van der Waals surface area contributed by atoms with Gasteiger partial charge in [0.2, 0.25) is 0 Å². The van der Waals surface area contributed by atoms with Crippen LogP contribution in [0.5, 0.6) is 0 Å². The third-order valence-corrected chi connectivity index (χ3v) is 2.23. The molecule has 0 saturated carbocycles. The Balaban J connectivity index is 0.00000180. The van der Waals surface area contributed by atoms with E-state index in [-0.39, 0.29) is 27.5 Å². The minimum absolute atomic E-state index is 0. The van der Waals surface area contributed by atoms with Gasteiger partial charge in [-0.25, -0.2) is 0 Å². The van der Waals surface area contributed by atoms with Gasteiger partial charge < -0.3 is 12.6 Å². The Morgan fingerprint density at radius 3 is 2.11 bits per heavy atom. The average molecular weight is 363 g/mol. The van der Waals surface area contributed by atoms with Crippen LogP contribution in [0.2, 0.25) is 0 Å². The summed E-state index contributed by atoms with van der Waals surface area (Å²) in [6, 6.07) is 18.9. The molecule has 0 bridgehead atoms. The zero-order chi connectivity index (χ0) is 12.6. The van der Waals surface area contributed by atoms with E-state index in [1.54, 1.807) is 0 Å². The maximum Gasteiger partial charge on any atom is 1.00 e.